The maximum Gasteiger partial charge on any atom is 0.123 e. The average molecular weight is 263 g/mol. The molecule has 1 saturated carbocycles. The van der Waals surface area contributed by atoms with E-state index in [9.17, 15) is 0 Å². The second-order valence-electron chi connectivity index (χ2n) is 6.65. The van der Waals surface area contributed by atoms with E-state index in [1.807, 2.05) is 0 Å². The van der Waals surface area contributed by atoms with Crippen LogP contribution < -0.4 is 15.2 Å². The quantitative estimate of drug-likeness (QED) is 0.908. The fraction of sp³-hybridized carbons (Fsp3) is 0.625. The van der Waals surface area contributed by atoms with Crippen LogP contribution >= 0.6 is 0 Å². The highest BCUT2D eigenvalue weighted by atomic mass is 16.5. The third kappa shape index (κ3) is 3.03. The number of methoxy groups -OCH3 is 2. The maximum absolute atomic E-state index is 6.22. The Morgan fingerprint density at radius 3 is 2.11 bits per heavy atom. The van der Waals surface area contributed by atoms with Gasteiger partial charge in [-0.25, -0.2) is 0 Å². The molecule has 1 aromatic rings. The molecule has 1 aliphatic rings. The first-order valence-corrected chi connectivity index (χ1v) is 6.83. The Hall–Kier alpha value is -1.22. The molecule has 0 radical (unpaired) electrons. The van der Waals surface area contributed by atoms with Crippen molar-refractivity contribution < 1.29 is 9.47 Å². The van der Waals surface area contributed by atoms with Crippen LogP contribution in [0.3, 0.4) is 0 Å². The predicted molar refractivity (Wildman–Crippen MR) is 78.1 cm³/mol. The van der Waals surface area contributed by atoms with Gasteiger partial charge in [-0.1, -0.05) is 20.8 Å². The summed E-state index contributed by atoms with van der Waals surface area (Å²) >= 11 is 0. The third-order valence-electron chi connectivity index (χ3n) is 3.85. The molecule has 0 aliphatic heterocycles. The van der Waals surface area contributed by atoms with Crippen LogP contribution in [-0.2, 0) is 11.8 Å². The summed E-state index contributed by atoms with van der Waals surface area (Å²) in [5.74, 6) is 1.84. The van der Waals surface area contributed by atoms with Crippen LogP contribution in [0.1, 0.15) is 44.7 Å². The zero-order valence-corrected chi connectivity index (χ0v) is 12.7. The molecule has 0 unspecified atom stereocenters. The van der Waals surface area contributed by atoms with Crippen molar-refractivity contribution in [2.45, 2.75) is 51.0 Å². The third-order valence-corrected chi connectivity index (χ3v) is 3.85. The van der Waals surface area contributed by atoms with Gasteiger partial charge in [0.2, 0.25) is 0 Å². The van der Waals surface area contributed by atoms with E-state index in [0.29, 0.717) is 0 Å². The first-order valence-electron chi connectivity index (χ1n) is 6.83. The minimum atomic E-state index is -0.0262. The minimum absolute atomic E-state index is 0.0249. The highest BCUT2D eigenvalue weighted by Crippen LogP contribution is 2.41. The highest BCUT2D eigenvalue weighted by molar-refractivity contribution is 5.50. The van der Waals surface area contributed by atoms with Crippen LogP contribution in [0.25, 0.3) is 0 Å². The monoisotopic (exact) mass is 263 g/mol. The Labute approximate surface area is 116 Å². The Bertz CT molecular complexity index is 470. The topological polar surface area (TPSA) is 44.5 Å². The van der Waals surface area contributed by atoms with Crippen LogP contribution in [0.15, 0.2) is 12.1 Å². The molecule has 3 nitrogen and oxygen atoms in total. The molecular formula is C16H25NO2. The lowest BCUT2D eigenvalue weighted by molar-refractivity contribution is 0.383. The number of benzene rings is 1. The summed E-state index contributed by atoms with van der Waals surface area (Å²) in [5, 5.41) is 0. The lowest BCUT2D eigenvalue weighted by Gasteiger charge is -2.24. The van der Waals surface area contributed by atoms with E-state index in [1.165, 1.54) is 0 Å². The molecule has 0 bridgehead atoms. The lowest BCUT2D eigenvalue weighted by atomic mass is 9.85. The molecule has 106 valence electrons. The Morgan fingerprint density at radius 1 is 1.11 bits per heavy atom. The van der Waals surface area contributed by atoms with E-state index in [0.717, 1.165) is 41.9 Å². The molecule has 0 saturated heterocycles. The van der Waals surface area contributed by atoms with Gasteiger partial charge in [0.15, 0.2) is 0 Å². The maximum atomic E-state index is 6.22. The molecule has 19 heavy (non-hydrogen) atoms. The zero-order valence-electron chi connectivity index (χ0n) is 12.7. The van der Waals surface area contributed by atoms with Crippen LogP contribution in [0, 0.1) is 0 Å². The fourth-order valence-corrected chi connectivity index (χ4v) is 2.40. The molecule has 1 aliphatic carbocycles. The summed E-state index contributed by atoms with van der Waals surface area (Å²) < 4.78 is 11.1. The first-order chi connectivity index (χ1) is 8.79. The van der Waals surface area contributed by atoms with Crippen LogP contribution in [0.4, 0.5) is 0 Å². The van der Waals surface area contributed by atoms with Gasteiger partial charge in [-0.2, -0.15) is 0 Å². The predicted octanol–water partition coefficient (Wildman–Crippen LogP) is 3.04. The summed E-state index contributed by atoms with van der Waals surface area (Å²) in [6, 6.07) is 4.19. The Kier molecular flexibility index (Phi) is 3.52. The second-order valence-corrected chi connectivity index (χ2v) is 6.65. The smallest absolute Gasteiger partial charge is 0.123 e. The average Bonchev–Trinajstić information content (AvgIpc) is 3.04. The molecular weight excluding hydrogens is 238 g/mol. The van der Waals surface area contributed by atoms with Crippen LogP contribution in [-0.4, -0.2) is 19.8 Å². The number of ether oxygens (including phenoxy) is 2. The molecule has 0 amide bonds. The summed E-state index contributed by atoms with van der Waals surface area (Å²) in [4.78, 5) is 0. The van der Waals surface area contributed by atoms with Gasteiger partial charge in [0.05, 0.1) is 14.2 Å². The van der Waals surface area contributed by atoms with E-state index in [2.05, 4.69) is 32.9 Å². The van der Waals surface area contributed by atoms with Crippen molar-refractivity contribution >= 4 is 0 Å². The van der Waals surface area contributed by atoms with Gasteiger partial charge in [-0.3, -0.25) is 0 Å². The van der Waals surface area contributed by atoms with E-state index in [1.54, 1.807) is 14.2 Å². The normalized spacial score (nSPS) is 17.2. The molecule has 0 aromatic heterocycles. The standard InChI is InChI=1S/C16H25NO2/c1-15(2,3)12-9-13(18-4)11(8-14(12)19-5)10-16(17)6-7-16/h8-9H,6-7,10,17H2,1-5H3. The molecule has 0 spiro atoms. The van der Waals surface area contributed by atoms with E-state index >= 15 is 0 Å². The van der Waals surface area contributed by atoms with Crippen LogP contribution in [0.5, 0.6) is 11.5 Å². The molecule has 0 atom stereocenters. The fourth-order valence-electron chi connectivity index (χ4n) is 2.40. The SMILES string of the molecule is COc1cc(C(C)(C)C)c(OC)cc1CC1(N)CC1. The van der Waals surface area contributed by atoms with Crippen molar-refractivity contribution in [3.05, 3.63) is 23.3 Å². The van der Waals surface area contributed by atoms with E-state index in [4.69, 9.17) is 15.2 Å². The number of nitrogens with two attached hydrogens (primary N) is 1. The molecule has 2 rings (SSSR count). The van der Waals surface area contributed by atoms with Crippen molar-refractivity contribution in [2.24, 2.45) is 5.73 Å². The molecule has 3 heteroatoms. The summed E-state index contributed by atoms with van der Waals surface area (Å²) in [6.45, 7) is 6.53. The molecule has 0 heterocycles. The van der Waals surface area contributed by atoms with Crippen LogP contribution in [0.2, 0.25) is 0 Å². The first kappa shape index (κ1) is 14.2. The van der Waals surface area contributed by atoms with Gasteiger partial charge in [-0.05, 0) is 42.4 Å². The number of hydrogen-bond acceptors (Lipinski definition) is 3. The van der Waals surface area contributed by atoms with Gasteiger partial charge in [0, 0.05) is 11.1 Å². The van der Waals surface area contributed by atoms with Gasteiger partial charge in [-0.15, -0.1) is 0 Å². The van der Waals surface area contributed by atoms with Crippen molar-refractivity contribution in [1.82, 2.24) is 0 Å². The lowest BCUT2D eigenvalue weighted by Crippen LogP contribution is -2.25. The summed E-state index contributed by atoms with van der Waals surface area (Å²) in [6.07, 6.45) is 3.05. The molecule has 2 N–H and O–H groups in total. The molecule has 1 fully saturated rings. The summed E-state index contributed by atoms with van der Waals surface area (Å²) in [7, 11) is 3.43. The van der Waals surface area contributed by atoms with Crippen molar-refractivity contribution in [1.29, 1.82) is 0 Å². The van der Waals surface area contributed by atoms with Gasteiger partial charge in [0.25, 0.3) is 0 Å². The largest absolute Gasteiger partial charge is 0.496 e. The van der Waals surface area contributed by atoms with E-state index in [-0.39, 0.29) is 11.0 Å². The Morgan fingerprint density at radius 2 is 1.68 bits per heavy atom. The number of rotatable bonds is 4. The Balaban J connectivity index is 2.44. The van der Waals surface area contributed by atoms with Crippen molar-refractivity contribution in [3.8, 4) is 11.5 Å². The van der Waals surface area contributed by atoms with Gasteiger partial charge >= 0.3 is 0 Å². The van der Waals surface area contributed by atoms with Gasteiger partial charge < -0.3 is 15.2 Å². The van der Waals surface area contributed by atoms with Crippen molar-refractivity contribution in [3.63, 3.8) is 0 Å². The van der Waals surface area contributed by atoms with Crippen molar-refractivity contribution in [2.75, 3.05) is 14.2 Å². The zero-order chi connectivity index (χ0) is 14.3. The van der Waals surface area contributed by atoms with E-state index < -0.39 is 0 Å². The summed E-state index contributed by atoms with van der Waals surface area (Å²) in [5.41, 5.74) is 8.53. The molecule has 1 aromatic carbocycles. The number of hydrogen-bond donors (Lipinski definition) is 1. The van der Waals surface area contributed by atoms with Gasteiger partial charge in [0.1, 0.15) is 11.5 Å². The second kappa shape index (κ2) is 4.71. The minimum Gasteiger partial charge on any atom is -0.496 e. The highest BCUT2D eigenvalue weighted by Gasteiger charge is 2.39.